The van der Waals surface area contributed by atoms with E-state index in [0.717, 1.165) is 24.8 Å². The summed E-state index contributed by atoms with van der Waals surface area (Å²) in [4.78, 5) is 0. The van der Waals surface area contributed by atoms with Crippen molar-refractivity contribution in [2.24, 2.45) is 5.73 Å². The number of rotatable bonds is 7. The first-order valence-corrected chi connectivity index (χ1v) is 6.75. The molecule has 18 heavy (non-hydrogen) atoms. The van der Waals surface area contributed by atoms with Crippen LogP contribution in [0.3, 0.4) is 0 Å². The summed E-state index contributed by atoms with van der Waals surface area (Å²) in [5.41, 5.74) is 6.92. The molecule has 0 saturated carbocycles. The van der Waals surface area contributed by atoms with Gasteiger partial charge in [-0.1, -0.05) is 32.4 Å². The molecule has 1 rings (SSSR count). The number of nitrogens with two attached hydrogens (primary N) is 1. The van der Waals surface area contributed by atoms with Gasteiger partial charge in [0.05, 0.1) is 12.2 Å². The van der Waals surface area contributed by atoms with Crippen molar-refractivity contribution < 1.29 is 9.13 Å². The van der Waals surface area contributed by atoms with Crippen LogP contribution in [0.1, 0.15) is 51.7 Å². The molecule has 102 valence electrons. The molecule has 0 spiro atoms. The Morgan fingerprint density at radius 3 is 2.61 bits per heavy atom. The van der Waals surface area contributed by atoms with Gasteiger partial charge in [0.25, 0.3) is 0 Å². The molecule has 1 aromatic carbocycles. The van der Waals surface area contributed by atoms with Gasteiger partial charge >= 0.3 is 0 Å². The highest BCUT2D eigenvalue weighted by Gasteiger charge is 2.21. The van der Waals surface area contributed by atoms with Gasteiger partial charge in [0.2, 0.25) is 0 Å². The third-order valence-electron chi connectivity index (χ3n) is 3.11. The Kier molecular flexibility index (Phi) is 6.30. The van der Waals surface area contributed by atoms with Crippen LogP contribution in [-0.4, -0.2) is 12.1 Å². The van der Waals surface area contributed by atoms with Crippen LogP contribution in [0.4, 0.5) is 4.39 Å². The maximum Gasteiger partial charge on any atom is 0.123 e. The van der Waals surface area contributed by atoms with Gasteiger partial charge in [0.1, 0.15) is 5.82 Å². The molecule has 3 heteroatoms. The number of benzene rings is 1. The smallest absolute Gasteiger partial charge is 0.123 e. The van der Waals surface area contributed by atoms with Gasteiger partial charge < -0.3 is 10.5 Å². The minimum absolute atomic E-state index is 0.105. The molecule has 0 radical (unpaired) electrons. The molecular weight excluding hydrogens is 229 g/mol. The third-order valence-corrected chi connectivity index (χ3v) is 3.11. The summed E-state index contributed by atoms with van der Waals surface area (Å²) in [6.45, 7) is 6.18. The van der Waals surface area contributed by atoms with Crippen LogP contribution in [0.2, 0.25) is 0 Å². The van der Waals surface area contributed by atoms with Crippen molar-refractivity contribution in [2.45, 2.75) is 58.3 Å². The molecule has 0 aliphatic heterocycles. The maximum absolute atomic E-state index is 13.3. The first kappa shape index (κ1) is 15.1. The molecule has 1 aromatic rings. The van der Waals surface area contributed by atoms with E-state index in [2.05, 4.69) is 6.92 Å². The second-order valence-corrected chi connectivity index (χ2v) is 4.78. The molecule has 0 aromatic heterocycles. The molecule has 0 bridgehead atoms. The molecule has 3 atom stereocenters. The predicted octanol–water partition coefficient (Wildman–Crippen LogP) is 3.81. The summed E-state index contributed by atoms with van der Waals surface area (Å²) in [7, 11) is 0. The molecule has 0 heterocycles. The maximum atomic E-state index is 13.3. The SMILES string of the molecule is CCCC(C)OC(c1cccc(F)c1)C(N)CC. The Morgan fingerprint density at radius 1 is 1.33 bits per heavy atom. The number of ether oxygens (including phenoxy) is 1. The summed E-state index contributed by atoms with van der Waals surface area (Å²) in [6.07, 6.45) is 2.77. The summed E-state index contributed by atoms with van der Waals surface area (Å²) in [6, 6.07) is 6.42. The minimum atomic E-state index is -0.243. The van der Waals surface area contributed by atoms with Crippen LogP contribution >= 0.6 is 0 Å². The number of hydrogen-bond acceptors (Lipinski definition) is 2. The molecule has 3 unspecified atom stereocenters. The van der Waals surface area contributed by atoms with Crippen molar-refractivity contribution >= 4 is 0 Å². The average Bonchev–Trinajstić information content (AvgIpc) is 2.35. The fraction of sp³-hybridized carbons (Fsp3) is 0.600. The zero-order chi connectivity index (χ0) is 13.5. The predicted molar refractivity (Wildman–Crippen MR) is 72.9 cm³/mol. The van der Waals surface area contributed by atoms with Gasteiger partial charge in [-0.3, -0.25) is 0 Å². The quantitative estimate of drug-likeness (QED) is 0.802. The average molecular weight is 253 g/mol. The van der Waals surface area contributed by atoms with Gasteiger partial charge in [-0.25, -0.2) is 4.39 Å². The Morgan fingerprint density at radius 2 is 2.06 bits per heavy atom. The molecule has 0 fully saturated rings. The van der Waals surface area contributed by atoms with Gasteiger partial charge in [-0.15, -0.1) is 0 Å². The Bertz CT molecular complexity index is 356. The summed E-state index contributed by atoms with van der Waals surface area (Å²) < 4.78 is 19.3. The zero-order valence-corrected chi connectivity index (χ0v) is 11.5. The summed E-state index contributed by atoms with van der Waals surface area (Å²) in [5, 5.41) is 0. The molecule has 0 saturated heterocycles. The molecular formula is C15H24FNO. The first-order chi connectivity index (χ1) is 8.58. The van der Waals surface area contributed by atoms with E-state index in [0.29, 0.717) is 0 Å². The second kappa shape index (κ2) is 7.49. The number of hydrogen-bond donors (Lipinski definition) is 1. The monoisotopic (exact) mass is 253 g/mol. The standard InChI is InChI=1S/C15H24FNO/c1-4-7-11(3)18-15(14(17)5-2)12-8-6-9-13(16)10-12/h6,8-11,14-15H,4-5,7,17H2,1-3H3. The Labute approximate surface area is 109 Å². The molecule has 0 amide bonds. The fourth-order valence-corrected chi connectivity index (χ4v) is 2.05. The van der Waals surface area contributed by atoms with Crippen LogP contribution in [-0.2, 0) is 4.74 Å². The van der Waals surface area contributed by atoms with E-state index in [-0.39, 0.29) is 24.1 Å². The summed E-state index contributed by atoms with van der Waals surface area (Å²) >= 11 is 0. The van der Waals surface area contributed by atoms with E-state index in [9.17, 15) is 4.39 Å². The lowest BCUT2D eigenvalue weighted by atomic mass is 10.0. The van der Waals surface area contributed by atoms with Gasteiger partial charge in [0.15, 0.2) is 0 Å². The van der Waals surface area contributed by atoms with Crippen molar-refractivity contribution in [1.29, 1.82) is 0 Å². The largest absolute Gasteiger partial charge is 0.369 e. The lowest BCUT2D eigenvalue weighted by Gasteiger charge is -2.27. The van der Waals surface area contributed by atoms with Crippen LogP contribution in [0, 0.1) is 5.82 Å². The number of halogens is 1. The van der Waals surface area contributed by atoms with E-state index in [1.54, 1.807) is 6.07 Å². The Hall–Kier alpha value is -0.930. The van der Waals surface area contributed by atoms with Crippen molar-refractivity contribution in [3.8, 4) is 0 Å². The van der Waals surface area contributed by atoms with Gasteiger partial charge in [-0.2, -0.15) is 0 Å². The van der Waals surface area contributed by atoms with Gasteiger partial charge in [-0.05, 0) is 37.5 Å². The van der Waals surface area contributed by atoms with Gasteiger partial charge in [0, 0.05) is 6.04 Å². The molecule has 2 N–H and O–H groups in total. The lowest BCUT2D eigenvalue weighted by molar-refractivity contribution is -0.0223. The van der Waals surface area contributed by atoms with Crippen molar-refractivity contribution in [3.05, 3.63) is 35.6 Å². The molecule has 0 aliphatic carbocycles. The summed E-state index contributed by atoms with van der Waals surface area (Å²) in [5.74, 6) is -0.243. The highest BCUT2D eigenvalue weighted by Crippen LogP contribution is 2.25. The van der Waals surface area contributed by atoms with Crippen molar-refractivity contribution in [3.63, 3.8) is 0 Å². The highest BCUT2D eigenvalue weighted by atomic mass is 19.1. The molecule has 0 aliphatic rings. The fourth-order valence-electron chi connectivity index (χ4n) is 2.05. The highest BCUT2D eigenvalue weighted by molar-refractivity contribution is 5.20. The van der Waals surface area contributed by atoms with E-state index in [1.807, 2.05) is 19.9 Å². The third kappa shape index (κ3) is 4.39. The van der Waals surface area contributed by atoms with Crippen molar-refractivity contribution in [1.82, 2.24) is 0 Å². The topological polar surface area (TPSA) is 35.2 Å². The Balaban J connectivity index is 2.84. The van der Waals surface area contributed by atoms with Crippen LogP contribution in [0.25, 0.3) is 0 Å². The first-order valence-electron chi connectivity index (χ1n) is 6.75. The van der Waals surface area contributed by atoms with E-state index >= 15 is 0 Å². The van der Waals surface area contributed by atoms with Crippen LogP contribution in [0.5, 0.6) is 0 Å². The lowest BCUT2D eigenvalue weighted by Crippen LogP contribution is -2.31. The van der Waals surface area contributed by atoms with Crippen molar-refractivity contribution in [2.75, 3.05) is 0 Å². The van der Waals surface area contributed by atoms with E-state index in [4.69, 9.17) is 10.5 Å². The van der Waals surface area contributed by atoms with Crippen LogP contribution in [0.15, 0.2) is 24.3 Å². The second-order valence-electron chi connectivity index (χ2n) is 4.78. The van der Waals surface area contributed by atoms with E-state index in [1.165, 1.54) is 12.1 Å². The molecule has 2 nitrogen and oxygen atoms in total. The van der Waals surface area contributed by atoms with E-state index < -0.39 is 0 Å². The zero-order valence-electron chi connectivity index (χ0n) is 11.5. The minimum Gasteiger partial charge on any atom is -0.369 e. The normalized spacial score (nSPS) is 16.3. The van der Waals surface area contributed by atoms with Crippen LogP contribution < -0.4 is 5.73 Å².